The van der Waals surface area contributed by atoms with Crippen LogP contribution in [0.4, 0.5) is 11.4 Å². The molecule has 0 aliphatic carbocycles. The number of benzene rings is 2. The third-order valence-electron chi connectivity index (χ3n) is 2.98. The lowest BCUT2D eigenvalue weighted by atomic mass is 10.2. The van der Waals surface area contributed by atoms with Crippen molar-refractivity contribution in [3.63, 3.8) is 0 Å². The largest absolute Gasteiger partial charge is 0.497 e. The Kier molecular flexibility index (Phi) is 4.77. The molecule has 5 nitrogen and oxygen atoms in total. The third kappa shape index (κ3) is 3.95. The van der Waals surface area contributed by atoms with E-state index >= 15 is 0 Å². The summed E-state index contributed by atoms with van der Waals surface area (Å²) < 4.78 is 16.3. The van der Waals surface area contributed by atoms with Gasteiger partial charge in [0.15, 0.2) is 0 Å². The van der Waals surface area contributed by atoms with E-state index in [1.807, 2.05) is 25.1 Å². The molecule has 0 radical (unpaired) electrons. The Morgan fingerprint density at radius 2 is 1.57 bits per heavy atom. The zero-order valence-corrected chi connectivity index (χ0v) is 12.3. The Hall–Kier alpha value is -2.56. The van der Waals surface area contributed by atoms with Gasteiger partial charge in [-0.3, -0.25) is 0 Å². The number of nitrogens with two attached hydrogens (primary N) is 2. The highest BCUT2D eigenvalue weighted by atomic mass is 16.5. The first kappa shape index (κ1) is 14.8. The second kappa shape index (κ2) is 6.74. The molecule has 0 aromatic heterocycles. The summed E-state index contributed by atoms with van der Waals surface area (Å²) in [6, 6.07) is 11.0. The first-order valence-electron chi connectivity index (χ1n) is 6.65. The monoisotopic (exact) mass is 288 g/mol. The molecule has 0 aliphatic rings. The summed E-state index contributed by atoms with van der Waals surface area (Å²) in [5.74, 6) is 1.97. The molecule has 5 heteroatoms. The molecule has 4 N–H and O–H groups in total. The highest BCUT2D eigenvalue weighted by Crippen LogP contribution is 2.26. The van der Waals surface area contributed by atoms with E-state index in [1.165, 1.54) is 0 Å². The van der Waals surface area contributed by atoms with Crippen LogP contribution in [-0.4, -0.2) is 20.3 Å². The van der Waals surface area contributed by atoms with E-state index in [0.717, 1.165) is 5.56 Å². The van der Waals surface area contributed by atoms with Gasteiger partial charge in [-0.2, -0.15) is 0 Å². The summed E-state index contributed by atoms with van der Waals surface area (Å²) >= 11 is 0. The Morgan fingerprint density at radius 1 is 0.857 bits per heavy atom. The Labute approximate surface area is 124 Å². The first-order valence-corrected chi connectivity index (χ1v) is 6.65. The lowest BCUT2D eigenvalue weighted by Gasteiger charge is -2.12. The summed E-state index contributed by atoms with van der Waals surface area (Å²) in [6.45, 7) is 2.75. The van der Waals surface area contributed by atoms with Gasteiger partial charge < -0.3 is 25.7 Å². The van der Waals surface area contributed by atoms with Gasteiger partial charge in [-0.15, -0.1) is 0 Å². The van der Waals surface area contributed by atoms with Gasteiger partial charge in [0.1, 0.15) is 30.5 Å². The fourth-order valence-electron chi connectivity index (χ4n) is 1.85. The van der Waals surface area contributed by atoms with E-state index in [0.29, 0.717) is 41.8 Å². The smallest absolute Gasteiger partial charge is 0.142 e. The molecule has 21 heavy (non-hydrogen) atoms. The van der Waals surface area contributed by atoms with E-state index in [9.17, 15) is 0 Å². The topological polar surface area (TPSA) is 79.7 Å². The van der Waals surface area contributed by atoms with Gasteiger partial charge in [0.2, 0.25) is 0 Å². The molecule has 0 saturated carbocycles. The average Bonchev–Trinajstić information content (AvgIpc) is 2.48. The number of rotatable bonds is 6. The van der Waals surface area contributed by atoms with Crippen molar-refractivity contribution in [3.8, 4) is 17.2 Å². The Morgan fingerprint density at radius 3 is 2.24 bits per heavy atom. The van der Waals surface area contributed by atoms with Gasteiger partial charge in [0.05, 0.1) is 18.5 Å². The number of methoxy groups -OCH3 is 1. The van der Waals surface area contributed by atoms with E-state index in [4.69, 9.17) is 25.7 Å². The van der Waals surface area contributed by atoms with Crippen LogP contribution in [0.25, 0.3) is 0 Å². The van der Waals surface area contributed by atoms with Gasteiger partial charge in [0, 0.05) is 6.07 Å². The van der Waals surface area contributed by atoms with Crippen LogP contribution in [-0.2, 0) is 0 Å². The van der Waals surface area contributed by atoms with Gasteiger partial charge >= 0.3 is 0 Å². The number of nitrogen functional groups attached to an aromatic ring is 2. The standard InChI is InChI=1S/C16H20N2O3/c1-11-3-5-13(17)16(9-11)21-8-7-20-15-6-4-12(19-2)10-14(15)18/h3-6,9-10H,7-8,17-18H2,1-2H3. The zero-order valence-electron chi connectivity index (χ0n) is 12.3. The number of anilines is 2. The minimum Gasteiger partial charge on any atom is -0.497 e. The van der Waals surface area contributed by atoms with Gasteiger partial charge in [-0.25, -0.2) is 0 Å². The molecule has 0 aliphatic heterocycles. The first-order chi connectivity index (χ1) is 10.1. The highest BCUT2D eigenvalue weighted by molar-refractivity contribution is 5.56. The van der Waals surface area contributed by atoms with Crippen molar-refractivity contribution < 1.29 is 14.2 Å². The molecule has 0 amide bonds. The number of aryl methyl sites for hydroxylation is 1. The minimum absolute atomic E-state index is 0.379. The summed E-state index contributed by atoms with van der Waals surface area (Å²) in [5.41, 5.74) is 14.0. The van der Waals surface area contributed by atoms with Gasteiger partial charge in [-0.1, -0.05) is 6.07 Å². The predicted octanol–water partition coefficient (Wildman–Crippen LogP) is 2.63. The number of hydrogen-bond donors (Lipinski definition) is 2. The van der Waals surface area contributed by atoms with Crippen molar-refractivity contribution in [3.05, 3.63) is 42.0 Å². The quantitative estimate of drug-likeness (QED) is 0.631. The molecule has 0 bridgehead atoms. The Bertz CT molecular complexity index is 614. The maximum Gasteiger partial charge on any atom is 0.142 e. The molecule has 0 atom stereocenters. The molecule has 2 aromatic carbocycles. The second-order valence-corrected chi connectivity index (χ2v) is 4.64. The lowest BCUT2D eigenvalue weighted by Crippen LogP contribution is -2.11. The predicted molar refractivity (Wildman–Crippen MR) is 84.0 cm³/mol. The fourth-order valence-corrected chi connectivity index (χ4v) is 1.85. The molecule has 2 rings (SSSR count). The average molecular weight is 288 g/mol. The maximum absolute atomic E-state index is 5.87. The van der Waals surface area contributed by atoms with Gasteiger partial charge in [0.25, 0.3) is 0 Å². The molecule has 0 heterocycles. The third-order valence-corrected chi connectivity index (χ3v) is 2.98. The van der Waals surface area contributed by atoms with Crippen molar-refractivity contribution in [2.45, 2.75) is 6.92 Å². The van der Waals surface area contributed by atoms with Crippen LogP contribution in [0.2, 0.25) is 0 Å². The number of ether oxygens (including phenoxy) is 3. The van der Waals surface area contributed by atoms with E-state index in [1.54, 1.807) is 25.3 Å². The van der Waals surface area contributed by atoms with Crippen LogP contribution < -0.4 is 25.7 Å². The van der Waals surface area contributed by atoms with Crippen LogP contribution in [0.15, 0.2) is 36.4 Å². The molecule has 0 unspecified atom stereocenters. The minimum atomic E-state index is 0.379. The molecule has 2 aromatic rings. The maximum atomic E-state index is 5.87. The molecule has 0 fully saturated rings. The van der Waals surface area contributed by atoms with Crippen molar-refractivity contribution in [1.29, 1.82) is 0 Å². The van der Waals surface area contributed by atoms with Crippen LogP contribution in [0.5, 0.6) is 17.2 Å². The van der Waals surface area contributed by atoms with E-state index < -0.39 is 0 Å². The van der Waals surface area contributed by atoms with Crippen LogP contribution in [0, 0.1) is 6.92 Å². The highest BCUT2D eigenvalue weighted by Gasteiger charge is 2.04. The molecular formula is C16H20N2O3. The van der Waals surface area contributed by atoms with Crippen molar-refractivity contribution in [1.82, 2.24) is 0 Å². The van der Waals surface area contributed by atoms with Crippen LogP contribution >= 0.6 is 0 Å². The molecule has 112 valence electrons. The zero-order chi connectivity index (χ0) is 15.2. The molecular weight excluding hydrogens is 268 g/mol. The summed E-state index contributed by atoms with van der Waals surface area (Å²) in [4.78, 5) is 0. The summed E-state index contributed by atoms with van der Waals surface area (Å²) in [7, 11) is 1.59. The van der Waals surface area contributed by atoms with E-state index in [2.05, 4.69) is 0 Å². The summed E-state index contributed by atoms with van der Waals surface area (Å²) in [5, 5.41) is 0. The lowest BCUT2D eigenvalue weighted by molar-refractivity contribution is 0.218. The molecule has 0 spiro atoms. The van der Waals surface area contributed by atoms with Crippen LogP contribution in [0.1, 0.15) is 5.56 Å². The van der Waals surface area contributed by atoms with Crippen molar-refractivity contribution >= 4 is 11.4 Å². The Balaban J connectivity index is 1.86. The fraction of sp³-hybridized carbons (Fsp3) is 0.250. The SMILES string of the molecule is COc1ccc(OCCOc2cc(C)ccc2N)c(N)c1. The van der Waals surface area contributed by atoms with E-state index in [-0.39, 0.29) is 0 Å². The second-order valence-electron chi connectivity index (χ2n) is 4.64. The molecule has 0 saturated heterocycles. The summed E-state index contributed by atoms with van der Waals surface area (Å²) in [6.07, 6.45) is 0. The normalized spacial score (nSPS) is 10.2. The van der Waals surface area contributed by atoms with Gasteiger partial charge in [-0.05, 0) is 36.8 Å². The van der Waals surface area contributed by atoms with Crippen LogP contribution in [0.3, 0.4) is 0 Å². The van der Waals surface area contributed by atoms with Crippen molar-refractivity contribution in [2.75, 3.05) is 31.8 Å². The van der Waals surface area contributed by atoms with Crippen molar-refractivity contribution in [2.24, 2.45) is 0 Å². The number of hydrogen-bond acceptors (Lipinski definition) is 5.